The maximum Gasteiger partial charge on any atom is 0.179 e. The van der Waals surface area contributed by atoms with Crippen molar-refractivity contribution in [3.05, 3.63) is 131 Å². The monoisotopic (exact) mass is 550 g/mol. The van der Waals surface area contributed by atoms with Gasteiger partial charge in [-0.1, -0.05) is 74.5 Å². The zero-order chi connectivity index (χ0) is 29.0. The molecule has 0 aliphatic carbocycles. The van der Waals surface area contributed by atoms with Crippen LogP contribution in [0.3, 0.4) is 0 Å². The second-order valence-corrected chi connectivity index (χ2v) is 11.5. The van der Waals surface area contributed by atoms with Gasteiger partial charge in [0.15, 0.2) is 17.5 Å². The molecule has 5 aromatic rings. The van der Waals surface area contributed by atoms with Crippen LogP contribution in [0.25, 0.3) is 5.69 Å². The van der Waals surface area contributed by atoms with Crippen LogP contribution in [0, 0.1) is 20.8 Å². The molecular formula is C36H34N6. The maximum atomic E-state index is 5.35. The summed E-state index contributed by atoms with van der Waals surface area (Å²) < 4.78 is 1.97. The molecule has 1 N–H and O–H groups in total. The predicted octanol–water partition coefficient (Wildman–Crippen LogP) is 8.72. The lowest BCUT2D eigenvalue weighted by atomic mass is 9.91. The van der Waals surface area contributed by atoms with E-state index in [2.05, 4.69) is 118 Å². The fourth-order valence-corrected chi connectivity index (χ4v) is 5.88. The lowest BCUT2D eigenvalue weighted by molar-refractivity contribution is 0.810. The van der Waals surface area contributed by atoms with Crippen LogP contribution < -0.4 is 10.2 Å². The zero-order valence-electron chi connectivity index (χ0n) is 24.6. The Labute approximate surface area is 247 Å². The number of benzene rings is 4. The summed E-state index contributed by atoms with van der Waals surface area (Å²) in [6.07, 6.45) is 0. The number of anilines is 2. The second-order valence-electron chi connectivity index (χ2n) is 11.5. The Bertz CT molecular complexity index is 1860. The van der Waals surface area contributed by atoms with Gasteiger partial charge in [-0.15, -0.1) is 0 Å². The molecule has 0 saturated heterocycles. The van der Waals surface area contributed by atoms with Crippen molar-refractivity contribution in [2.24, 2.45) is 9.98 Å². The van der Waals surface area contributed by atoms with Crippen LogP contribution in [-0.2, 0) is 0 Å². The summed E-state index contributed by atoms with van der Waals surface area (Å²) >= 11 is 0. The van der Waals surface area contributed by atoms with E-state index < -0.39 is 0 Å². The third-order valence-electron chi connectivity index (χ3n) is 8.33. The average molecular weight is 551 g/mol. The van der Waals surface area contributed by atoms with E-state index in [1.165, 1.54) is 22.3 Å². The van der Waals surface area contributed by atoms with Gasteiger partial charge in [0.05, 0.1) is 28.8 Å². The summed E-state index contributed by atoms with van der Waals surface area (Å²) in [6.45, 7) is 10.8. The Morgan fingerprint density at radius 1 is 0.762 bits per heavy atom. The molecule has 0 fully saturated rings. The minimum Gasteiger partial charge on any atom is -0.337 e. The van der Waals surface area contributed by atoms with Gasteiger partial charge in [-0.05, 0) is 85.3 Å². The standard InChI is InChI=1S/C36H34N6/c1-22(2)26-16-18-27(19-17-26)33-32-25(5)40-42(29-11-7-6-8-12-29)35(32)39-36-34(37-28-20-15-23(3)24(4)21-28)38-30-13-9-10-14-31(30)41(33)36/h6-22,33H,1-5H3,(H,37,38). The first-order valence-corrected chi connectivity index (χ1v) is 14.5. The topological polar surface area (TPSA) is 57.8 Å². The number of aromatic nitrogens is 2. The molecule has 2 aliphatic heterocycles. The highest BCUT2D eigenvalue weighted by Gasteiger charge is 2.41. The molecule has 4 aromatic carbocycles. The van der Waals surface area contributed by atoms with E-state index in [1.807, 2.05) is 28.9 Å². The van der Waals surface area contributed by atoms with Crippen molar-refractivity contribution in [1.82, 2.24) is 9.78 Å². The van der Waals surface area contributed by atoms with Crippen LogP contribution in [-0.4, -0.2) is 21.5 Å². The van der Waals surface area contributed by atoms with Gasteiger partial charge in [-0.2, -0.15) is 5.10 Å². The predicted molar refractivity (Wildman–Crippen MR) is 173 cm³/mol. The molecule has 42 heavy (non-hydrogen) atoms. The quantitative estimate of drug-likeness (QED) is 0.243. The van der Waals surface area contributed by atoms with Gasteiger partial charge in [-0.3, -0.25) is 0 Å². The fourth-order valence-electron chi connectivity index (χ4n) is 5.88. The Morgan fingerprint density at radius 3 is 2.24 bits per heavy atom. The minimum atomic E-state index is -0.139. The van der Waals surface area contributed by atoms with Crippen LogP contribution in [0.1, 0.15) is 59.3 Å². The van der Waals surface area contributed by atoms with Crippen molar-refractivity contribution in [3.8, 4) is 5.69 Å². The third-order valence-corrected chi connectivity index (χ3v) is 8.33. The molecule has 208 valence electrons. The van der Waals surface area contributed by atoms with Crippen molar-refractivity contribution >= 4 is 34.6 Å². The summed E-state index contributed by atoms with van der Waals surface area (Å²) in [4.78, 5) is 12.8. The first-order chi connectivity index (χ1) is 20.4. The first kappa shape index (κ1) is 26.0. The summed E-state index contributed by atoms with van der Waals surface area (Å²) in [5.41, 5.74) is 10.9. The van der Waals surface area contributed by atoms with Crippen molar-refractivity contribution in [2.45, 2.75) is 46.6 Å². The smallest absolute Gasteiger partial charge is 0.179 e. The van der Waals surface area contributed by atoms with Crippen LogP contribution >= 0.6 is 0 Å². The van der Waals surface area contributed by atoms with Gasteiger partial charge in [0.25, 0.3) is 0 Å². The number of para-hydroxylation sites is 3. The molecule has 0 amide bonds. The van der Waals surface area contributed by atoms with Gasteiger partial charge >= 0.3 is 0 Å². The van der Waals surface area contributed by atoms with Crippen LogP contribution in [0.4, 0.5) is 22.9 Å². The molecule has 1 unspecified atom stereocenters. The van der Waals surface area contributed by atoms with Crippen molar-refractivity contribution in [2.75, 3.05) is 10.2 Å². The van der Waals surface area contributed by atoms with Gasteiger partial charge in [0.2, 0.25) is 0 Å². The van der Waals surface area contributed by atoms with Gasteiger partial charge in [0.1, 0.15) is 0 Å². The molecule has 6 heteroatoms. The summed E-state index contributed by atoms with van der Waals surface area (Å²) in [6, 6.07) is 33.9. The summed E-state index contributed by atoms with van der Waals surface area (Å²) in [7, 11) is 0. The molecule has 0 saturated carbocycles. The van der Waals surface area contributed by atoms with Crippen LogP contribution in [0.5, 0.6) is 0 Å². The fraction of sp³-hybridized carbons (Fsp3) is 0.194. The SMILES string of the molecule is Cc1ccc(NC2=Nc3ccccc3N3C2=Nc2c(c(C)nn2-c2ccccc2)C3c2ccc(C(C)C)cc2)cc1C. The molecule has 0 bridgehead atoms. The largest absolute Gasteiger partial charge is 0.337 e. The van der Waals surface area contributed by atoms with E-state index >= 15 is 0 Å². The van der Waals surface area contributed by atoms with E-state index in [-0.39, 0.29) is 6.04 Å². The number of nitrogens with one attached hydrogen (secondary N) is 1. The Kier molecular flexibility index (Phi) is 6.27. The van der Waals surface area contributed by atoms with Crippen molar-refractivity contribution < 1.29 is 0 Å². The Morgan fingerprint density at radius 2 is 1.50 bits per heavy atom. The molecule has 0 spiro atoms. The average Bonchev–Trinajstić information content (AvgIpc) is 3.34. The normalized spacial score (nSPS) is 15.5. The van der Waals surface area contributed by atoms with Crippen molar-refractivity contribution in [1.29, 1.82) is 0 Å². The first-order valence-electron chi connectivity index (χ1n) is 14.5. The molecule has 1 aromatic heterocycles. The lowest BCUT2D eigenvalue weighted by Gasteiger charge is -2.40. The maximum absolute atomic E-state index is 5.35. The molecule has 3 heterocycles. The molecule has 2 aliphatic rings. The highest BCUT2D eigenvalue weighted by molar-refractivity contribution is 6.51. The Balaban J connectivity index is 1.47. The lowest BCUT2D eigenvalue weighted by Crippen LogP contribution is -2.46. The molecule has 6 nitrogen and oxygen atoms in total. The van der Waals surface area contributed by atoms with Crippen LogP contribution in [0.15, 0.2) is 107 Å². The Hall–Kier alpha value is -4.97. The van der Waals surface area contributed by atoms with Gasteiger partial charge in [-0.25, -0.2) is 14.7 Å². The third kappa shape index (κ3) is 4.31. The number of hydrogen-bond acceptors (Lipinski definition) is 5. The molecular weight excluding hydrogens is 516 g/mol. The highest BCUT2D eigenvalue weighted by atomic mass is 15.4. The van der Waals surface area contributed by atoms with Crippen molar-refractivity contribution in [3.63, 3.8) is 0 Å². The number of fused-ring (bicyclic) bond motifs is 4. The van der Waals surface area contributed by atoms with E-state index in [9.17, 15) is 0 Å². The van der Waals surface area contributed by atoms with Crippen LogP contribution in [0.2, 0.25) is 0 Å². The number of aryl methyl sites for hydroxylation is 3. The molecule has 1 atom stereocenters. The van der Waals surface area contributed by atoms with Gasteiger partial charge < -0.3 is 10.2 Å². The number of amidine groups is 2. The highest BCUT2D eigenvalue weighted by Crippen LogP contribution is 2.48. The van der Waals surface area contributed by atoms with Gasteiger partial charge in [0, 0.05) is 11.3 Å². The number of nitrogens with zero attached hydrogens (tertiary/aromatic N) is 5. The summed E-state index contributed by atoms with van der Waals surface area (Å²) in [5, 5.41) is 8.68. The van der Waals surface area contributed by atoms with E-state index in [1.54, 1.807) is 0 Å². The number of aliphatic imine (C=N–C) groups is 2. The van der Waals surface area contributed by atoms with E-state index in [0.717, 1.165) is 45.7 Å². The second kappa shape index (κ2) is 10.1. The summed E-state index contributed by atoms with van der Waals surface area (Å²) in [5.74, 6) is 2.77. The molecule has 0 radical (unpaired) electrons. The molecule has 7 rings (SSSR count). The zero-order valence-corrected chi connectivity index (χ0v) is 24.6. The van der Waals surface area contributed by atoms with E-state index in [0.29, 0.717) is 11.8 Å². The number of rotatable bonds is 4. The van der Waals surface area contributed by atoms with E-state index in [4.69, 9.17) is 15.1 Å². The number of hydrogen-bond donors (Lipinski definition) is 1. The minimum absolute atomic E-state index is 0.139.